The minimum absolute atomic E-state index is 0.0806. The minimum Gasteiger partial charge on any atom is -0.350 e. The van der Waals surface area contributed by atoms with E-state index in [1.807, 2.05) is 0 Å². The molecule has 7 nitrogen and oxygen atoms in total. The Morgan fingerprint density at radius 2 is 2.09 bits per heavy atom. The standard InChI is InChI=1S/C3H9N3O4S/c4-1-2-11(8,9)10-6-3(5)7/h1-2,4H2,(H3,5,6,7). The largest absolute Gasteiger partial charge is 0.350 e. The summed E-state index contributed by atoms with van der Waals surface area (Å²) in [6, 6.07) is -1.08. The van der Waals surface area contributed by atoms with E-state index in [1.165, 1.54) is 5.48 Å². The molecule has 0 aromatic carbocycles. The monoisotopic (exact) mass is 183 g/mol. The van der Waals surface area contributed by atoms with Gasteiger partial charge in [-0.2, -0.15) is 13.9 Å². The van der Waals surface area contributed by atoms with Crippen LogP contribution in [0.25, 0.3) is 0 Å². The lowest BCUT2D eigenvalue weighted by Gasteiger charge is -2.01. The lowest BCUT2D eigenvalue weighted by atomic mass is 10.8. The van der Waals surface area contributed by atoms with Crippen LogP contribution in [0.2, 0.25) is 0 Å². The summed E-state index contributed by atoms with van der Waals surface area (Å²) in [5, 5.41) is 0. The summed E-state index contributed by atoms with van der Waals surface area (Å²) in [6.07, 6.45) is 0. The zero-order chi connectivity index (χ0) is 8.91. The van der Waals surface area contributed by atoms with Crippen LogP contribution in [-0.2, 0) is 14.4 Å². The summed E-state index contributed by atoms with van der Waals surface area (Å²) >= 11 is 0. The summed E-state index contributed by atoms with van der Waals surface area (Å²) in [7, 11) is -3.76. The topological polar surface area (TPSA) is 125 Å². The molecule has 0 fully saturated rings. The van der Waals surface area contributed by atoms with Crippen LogP contribution in [0.15, 0.2) is 0 Å². The van der Waals surface area contributed by atoms with E-state index in [4.69, 9.17) is 5.73 Å². The molecule has 0 unspecified atom stereocenters. The van der Waals surface area contributed by atoms with Crippen LogP contribution < -0.4 is 16.9 Å². The van der Waals surface area contributed by atoms with Crippen molar-refractivity contribution in [1.29, 1.82) is 0 Å². The van der Waals surface area contributed by atoms with E-state index < -0.39 is 16.1 Å². The van der Waals surface area contributed by atoms with Crippen LogP contribution in [0.5, 0.6) is 0 Å². The zero-order valence-electron chi connectivity index (χ0n) is 5.61. The highest BCUT2D eigenvalue weighted by atomic mass is 32.2. The van der Waals surface area contributed by atoms with Crippen LogP contribution in [0.1, 0.15) is 0 Å². The number of primary amides is 1. The Bertz CT molecular complexity index is 223. The van der Waals surface area contributed by atoms with Crippen molar-refractivity contribution in [2.75, 3.05) is 12.3 Å². The maximum Gasteiger partial charge on any atom is 0.337 e. The van der Waals surface area contributed by atoms with Gasteiger partial charge in [-0.3, -0.25) is 0 Å². The van der Waals surface area contributed by atoms with Crippen LogP contribution in [-0.4, -0.2) is 26.7 Å². The summed E-state index contributed by atoms with van der Waals surface area (Å²) in [5.41, 5.74) is 10.9. The molecule has 0 aliphatic carbocycles. The average Bonchev–Trinajstić information content (AvgIpc) is 1.84. The SMILES string of the molecule is NCCS(=O)(=O)ONC(N)=O. The van der Waals surface area contributed by atoms with Gasteiger partial charge in [0.05, 0.1) is 5.75 Å². The molecule has 0 rings (SSSR count). The van der Waals surface area contributed by atoms with E-state index in [0.29, 0.717) is 0 Å². The summed E-state index contributed by atoms with van der Waals surface area (Å²) < 4.78 is 25.0. The number of hydrogen-bond acceptors (Lipinski definition) is 5. The van der Waals surface area contributed by atoms with Gasteiger partial charge in [-0.15, -0.1) is 4.28 Å². The normalized spacial score (nSPS) is 11.0. The molecule has 5 N–H and O–H groups in total. The van der Waals surface area contributed by atoms with Gasteiger partial charge in [0, 0.05) is 6.54 Å². The van der Waals surface area contributed by atoms with Gasteiger partial charge in [0.1, 0.15) is 0 Å². The number of nitrogens with two attached hydrogens (primary N) is 2. The highest BCUT2D eigenvalue weighted by Gasteiger charge is 2.10. The highest BCUT2D eigenvalue weighted by molar-refractivity contribution is 7.86. The van der Waals surface area contributed by atoms with Gasteiger partial charge in [0.15, 0.2) is 0 Å². The summed E-state index contributed by atoms with van der Waals surface area (Å²) in [5.74, 6) is -0.368. The molecule has 0 saturated heterocycles. The van der Waals surface area contributed by atoms with Crippen molar-refractivity contribution >= 4 is 16.1 Å². The molecule has 0 atom stereocenters. The third kappa shape index (κ3) is 5.58. The van der Waals surface area contributed by atoms with E-state index in [9.17, 15) is 13.2 Å². The Balaban J connectivity index is 3.84. The molecule has 0 spiro atoms. The van der Waals surface area contributed by atoms with Gasteiger partial charge in [-0.25, -0.2) is 4.79 Å². The van der Waals surface area contributed by atoms with E-state index in [-0.39, 0.29) is 12.3 Å². The van der Waals surface area contributed by atoms with Crippen molar-refractivity contribution in [3.63, 3.8) is 0 Å². The molecule has 0 saturated carbocycles. The number of carbonyl (C=O) groups excluding carboxylic acids is 1. The van der Waals surface area contributed by atoms with E-state index in [2.05, 4.69) is 10.0 Å². The number of nitrogens with one attached hydrogen (secondary N) is 1. The van der Waals surface area contributed by atoms with Crippen molar-refractivity contribution in [3.05, 3.63) is 0 Å². The smallest absolute Gasteiger partial charge is 0.337 e. The average molecular weight is 183 g/mol. The predicted molar refractivity (Wildman–Crippen MR) is 36.6 cm³/mol. The van der Waals surface area contributed by atoms with E-state index in [0.717, 1.165) is 0 Å². The summed E-state index contributed by atoms with van der Waals surface area (Å²) in [4.78, 5) is 9.94. The third-order valence-corrected chi connectivity index (χ3v) is 1.71. The molecular formula is C3H9N3O4S. The van der Waals surface area contributed by atoms with Gasteiger partial charge in [-0.1, -0.05) is 0 Å². The molecule has 0 radical (unpaired) electrons. The van der Waals surface area contributed by atoms with Crippen LogP contribution >= 0.6 is 0 Å². The van der Waals surface area contributed by atoms with Gasteiger partial charge < -0.3 is 11.5 Å². The van der Waals surface area contributed by atoms with Crippen molar-refractivity contribution < 1.29 is 17.5 Å². The van der Waals surface area contributed by atoms with Crippen molar-refractivity contribution in [3.8, 4) is 0 Å². The van der Waals surface area contributed by atoms with Crippen molar-refractivity contribution in [1.82, 2.24) is 5.48 Å². The Kier molecular flexibility index (Phi) is 3.79. The number of urea groups is 1. The van der Waals surface area contributed by atoms with Crippen LogP contribution in [0, 0.1) is 0 Å². The fourth-order valence-corrected chi connectivity index (χ4v) is 0.872. The number of rotatable bonds is 4. The van der Waals surface area contributed by atoms with Gasteiger partial charge >= 0.3 is 6.03 Å². The Morgan fingerprint density at radius 1 is 1.55 bits per heavy atom. The van der Waals surface area contributed by atoms with Gasteiger partial charge in [-0.05, 0) is 0 Å². The zero-order valence-corrected chi connectivity index (χ0v) is 6.43. The van der Waals surface area contributed by atoms with Crippen LogP contribution in [0.4, 0.5) is 4.79 Å². The first kappa shape index (κ1) is 10.1. The van der Waals surface area contributed by atoms with Crippen LogP contribution in [0.3, 0.4) is 0 Å². The minimum atomic E-state index is -3.76. The Hall–Kier alpha value is -0.860. The second kappa shape index (κ2) is 4.11. The lowest BCUT2D eigenvalue weighted by Crippen LogP contribution is -2.33. The second-order valence-corrected chi connectivity index (χ2v) is 3.29. The molecule has 8 heteroatoms. The first-order chi connectivity index (χ1) is 4.98. The first-order valence-electron chi connectivity index (χ1n) is 2.64. The lowest BCUT2D eigenvalue weighted by molar-refractivity contribution is 0.189. The van der Waals surface area contributed by atoms with Crippen molar-refractivity contribution in [2.24, 2.45) is 11.5 Å². The van der Waals surface area contributed by atoms with Crippen molar-refractivity contribution in [2.45, 2.75) is 0 Å². The molecule has 0 aliphatic heterocycles. The molecule has 0 heterocycles. The number of hydroxylamine groups is 1. The van der Waals surface area contributed by atoms with Gasteiger partial charge in [0.25, 0.3) is 10.1 Å². The molecule has 0 bridgehead atoms. The predicted octanol–water partition coefficient (Wildman–Crippen LogP) is -2.13. The maximum atomic E-state index is 10.6. The molecule has 0 aromatic heterocycles. The first-order valence-corrected chi connectivity index (χ1v) is 4.22. The highest BCUT2D eigenvalue weighted by Crippen LogP contribution is 1.86. The fourth-order valence-electron chi connectivity index (χ4n) is 0.291. The molecule has 0 aliphatic rings. The molecular weight excluding hydrogens is 174 g/mol. The second-order valence-electron chi connectivity index (χ2n) is 1.60. The van der Waals surface area contributed by atoms with E-state index in [1.54, 1.807) is 0 Å². The Morgan fingerprint density at radius 3 is 2.45 bits per heavy atom. The Labute approximate surface area is 63.8 Å². The molecule has 66 valence electrons. The number of hydrogen-bond donors (Lipinski definition) is 3. The maximum absolute atomic E-state index is 10.6. The number of amides is 2. The third-order valence-electron chi connectivity index (χ3n) is 0.637. The molecule has 11 heavy (non-hydrogen) atoms. The molecule has 2 amide bonds. The fraction of sp³-hybridized carbons (Fsp3) is 0.667. The molecule has 0 aromatic rings. The summed E-state index contributed by atoms with van der Waals surface area (Å²) in [6.45, 7) is -0.0806. The van der Waals surface area contributed by atoms with Gasteiger partial charge in [0.2, 0.25) is 0 Å². The quantitative estimate of drug-likeness (QED) is 0.429. The van der Waals surface area contributed by atoms with E-state index >= 15 is 0 Å². The number of carbonyl (C=O) groups is 1.